The lowest BCUT2D eigenvalue weighted by Gasteiger charge is -2.12. The zero-order chi connectivity index (χ0) is 11.8. The largest absolute Gasteiger partial charge is 0.479 e. The third-order valence-corrected chi connectivity index (χ3v) is 2.64. The Labute approximate surface area is 97.4 Å². The highest BCUT2D eigenvalue weighted by Crippen LogP contribution is 2.17. The van der Waals surface area contributed by atoms with Crippen LogP contribution in [0.1, 0.15) is 6.92 Å². The lowest BCUT2D eigenvalue weighted by Crippen LogP contribution is -2.30. The maximum absolute atomic E-state index is 11.2. The minimum Gasteiger partial charge on any atom is -0.479 e. The van der Waals surface area contributed by atoms with Gasteiger partial charge >= 0.3 is 11.9 Å². The quantitative estimate of drug-likeness (QED) is 0.416. The fourth-order valence-corrected chi connectivity index (χ4v) is 1.82. The average Bonchev–Trinajstić information content (AvgIpc) is 2.24. The lowest BCUT2D eigenvalue weighted by molar-refractivity contribution is -0.150. The van der Waals surface area contributed by atoms with Gasteiger partial charge in [-0.1, -0.05) is 0 Å². The molecule has 0 radical (unpaired) electrons. The van der Waals surface area contributed by atoms with E-state index in [0.717, 1.165) is 11.8 Å². The number of hydrogen-bond acceptors (Lipinski definition) is 7. The van der Waals surface area contributed by atoms with E-state index in [1.165, 1.54) is 14.2 Å². The van der Waals surface area contributed by atoms with Gasteiger partial charge in [0.2, 0.25) is 9.63 Å². The molecule has 0 aromatic carbocycles. The number of ether oxygens (including phenoxy) is 3. The van der Waals surface area contributed by atoms with Gasteiger partial charge in [-0.15, -0.1) is 0 Å². The number of thioether (sulfide) groups is 1. The van der Waals surface area contributed by atoms with Gasteiger partial charge < -0.3 is 14.2 Å². The number of carbonyl (C=O) groups is 2. The van der Waals surface area contributed by atoms with Crippen LogP contribution in [0.25, 0.3) is 0 Å². The predicted molar refractivity (Wildman–Crippen MR) is 59.6 cm³/mol. The molecular weight excluding hydrogens is 240 g/mol. The molecule has 0 saturated heterocycles. The van der Waals surface area contributed by atoms with Gasteiger partial charge in [-0.05, 0) is 30.9 Å². The van der Waals surface area contributed by atoms with Gasteiger partial charge in [0.15, 0.2) is 0 Å². The normalized spacial score (nSPS) is 9.60. The maximum Gasteiger partial charge on any atom is 0.330 e. The van der Waals surface area contributed by atoms with Crippen LogP contribution in [0, 0.1) is 0 Å². The van der Waals surface area contributed by atoms with Crippen LogP contribution in [-0.4, -0.2) is 42.4 Å². The van der Waals surface area contributed by atoms with Gasteiger partial charge in [0, 0.05) is 0 Å². The van der Waals surface area contributed by atoms with E-state index in [4.69, 9.17) is 17.0 Å². The summed E-state index contributed by atoms with van der Waals surface area (Å²) >= 11 is 5.58. The summed E-state index contributed by atoms with van der Waals surface area (Å²) in [6.07, 6.45) is 0. The molecule has 0 unspecified atom stereocenters. The van der Waals surface area contributed by atoms with Crippen LogP contribution in [0.4, 0.5) is 0 Å². The number of hydrogen-bond donors (Lipinski definition) is 0. The molecule has 0 N–H and O–H groups in total. The van der Waals surface area contributed by atoms with Crippen LogP contribution in [0.15, 0.2) is 0 Å². The van der Waals surface area contributed by atoms with Crippen molar-refractivity contribution in [3.63, 3.8) is 0 Å². The highest BCUT2D eigenvalue weighted by Gasteiger charge is 2.31. The zero-order valence-corrected chi connectivity index (χ0v) is 10.3. The first-order valence-electron chi connectivity index (χ1n) is 4.05. The van der Waals surface area contributed by atoms with Crippen molar-refractivity contribution in [3.8, 4) is 0 Å². The fourth-order valence-electron chi connectivity index (χ4n) is 0.655. The first-order chi connectivity index (χ1) is 7.06. The maximum atomic E-state index is 11.2. The summed E-state index contributed by atoms with van der Waals surface area (Å²) in [4.78, 5) is 22.4. The second-order valence-electron chi connectivity index (χ2n) is 2.23. The van der Waals surface area contributed by atoms with Crippen LogP contribution in [-0.2, 0) is 23.8 Å². The molecule has 0 aliphatic rings. The second kappa shape index (κ2) is 7.47. The van der Waals surface area contributed by atoms with Crippen molar-refractivity contribution in [1.82, 2.24) is 0 Å². The Balaban J connectivity index is 4.44. The summed E-state index contributed by atoms with van der Waals surface area (Å²) in [6, 6.07) is 0. The Morgan fingerprint density at radius 1 is 1.27 bits per heavy atom. The van der Waals surface area contributed by atoms with Gasteiger partial charge in [0.05, 0.1) is 20.8 Å². The minimum absolute atomic E-state index is 0.110. The molecule has 5 nitrogen and oxygen atoms in total. The van der Waals surface area contributed by atoms with Gasteiger partial charge in [-0.2, -0.15) is 0 Å². The summed E-state index contributed by atoms with van der Waals surface area (Å²) in [5, 5.41) is -1.13. The van der Waals surface area contributed by atoms with E-state index in [1.807, 2.05) is 0 Å². The first-order valence-corrected chi connectivity index (χ1v) is 5.34. The Kier molecular flexibility index (Phi) is 7.06. The summed E-state index contributed by atoms with van der Waals surface area (Å²) < 4.78 is 13.9. The van der Waals surface area contributed by atoms with Crippen LogP contribution in [0.2, 0.25) is 0 Å². The Morgan fingerprint density at radius 2 is 1.73 bits per heavy atom. The smallest absolute Gasteiger partial charge is 0.330 e. The van der Waals surface area contributed by atoms with Crippen molar-refractivity contribution in [2.45, 2.75) is 12.2 Å². The van der Waals surface area contributed by atoms with Gasteiger partial charge in [0.25, 0.3) is 0 Å². The van der Waals surface area contributed by atoms with E-state index < -0.39 is 17.2 Å². The Hall–Kier alpha value is -0.820. The van der Waals surface area contributed by atoms with Crippen molar-refractivity contribution in [1.29, 1.82) is 0 Å². The predicted octanol–water partition coefficient (Wildman–Crippen LogP) is 0.756. The number of methoxy groups -OCH3 is 2. The molecule has 0 heterocycles. The zero-order valence-electron chi connectivity index (χ0n) is 8.64. The van der Waals surface area contributed by atoms with Gasteiger partial charge in [-0.25, -0.2) is 0 Å². The SMILES string of the molecule is CCOC(=S)SC(C(=O)OC)C(=O)OC. The molecule has 86 valence electrons. The molecule has 0 rings (SSSR count). The molecule has 0 atom stereocenters. The molecule has 0 aromatic heterocycles. The van der Waals surface area contributed by atoms with Crippen molar-refractivity contribution in [3.05, 3.63) is 0 Å². The first kappa shape index (κ1) is 14.2. The van der Waals surface area contributed by atoms with E-state index in [1.54, 1.807) is 6.92 Å². The fraction of sp³-hybridized carbons (Fsp3) is 0.625. The third-order valence-electron chi connectivity index (χ3n) is 1.31. The molecule has 0 bridgehead atoms. The third kappa shape index (κ3) is 4.98. The van der Waals surface area contributed by atoms with Crippen LogP contribution >= 0.6 is 24.0 Å². The number of thiocarbonyl (C=S) groups is 1. The minimum atomic E-state index is -1.13. The van der Waals surface area contributed by atoms with Crippen molar-refractivity contribution < 1.29 is 23.8 Å². The van der Waals surface area contributed by atoms with Gasteiger partial charge in [-0.3, -0.25) is 9.59 Å². The standard InChI is InChI=1S/C8H12O5S2/c1-4-13-8(14)15-5(6(9)11-2)7(10)12-3/h5H,4H2,1-3H3. The molecule has 0 aromatic rings. The topological polar surface area (TPSA) is 61.8 Å². The van der Waals surface area contributed by atoms with Crippen LogP contribution in [0.5, 0.6) is 0 Å². The molecule has 0 fully saturated rings. The van der Waals surface area contributed by atoms with Crippen LogP contribution in [0.3, 0.4) is 0 Å². The molecule has 15 heavy (non-hydrogen) atoms. The molecular formula is C8H12O5S2. The molecule has 0 spiro atoms. The van der Waals surface area contributed by atoms with E-state index in [0.29, 0.717) is 6.61 Å². The average molecular weight is 252 g/mol. The number of carbonyl (C=O) groups excluding carboxylic acids is 2. The monoisotopic (exact) mass is 252 g/mol. The number of rotatable bonds is 4. The summed E-state index contributed by atoms with van der Waals surface area (Å²) in [6.45, 7) is 2.12. The van der Waals surface area contributed by atoms with Gasteiger partial charge in [0.1, 0.15) is 0 Å². The van der Waals surface area contributed by atoms with E-state index >= 15 is 0 Å². The molecule has 7 heteroatoms. The van der Waals surface area contributed by atoms with E-state index in [9.17, 15) is 9.59 Å². The summed E-state index contributed by atoms with van der Waals surface area (Å²) in [7, 11) is 2.37. The van der Waals surface area contributed by atoms with Crippen LogP contribution < -0.4 is 0 Å². The van der Waals surface area contributed by atoms with E-state index in [-0.39, 0.29) is 4.38 Å². The van der Waals surface area contributed by atoms with Crippen molar-refractivity contribution in [2.75, 3.05) is 20.8 Å². The van der Waals surface area contributed by atoms with Crippen molar-refractivity contribution >= 4 is 40.3 Å². The Bertz CT molecular complexity index is 237. The summed E-state index contributed by atoms with van der Waals surface area (Å²) in [5.41, 5.74) is 0. The molecule has 0 aliphatic carbocycles. The van der Waals surface area contributed by atoms with E-state index in [2.05, 4.69) is 9.47 Å². The highest BCUT2D eigenvalue weighted by molar-refractivity contribution is 8.23. The lowest BCUT2D eigenvalue weighted by atomic mass is 10.4. The van der Waals surface area contributed by atoms with Crippen molar-refractivity contribution in [2.24, 2.45) is 0 Å². The summed E-state index contributed by atoms with van der Waals surface area (Å²) in [5.74, 6) is -1.43. The highest BCUT2D eigenvalue weighted by atomic mass is 32.2. The molecule has 0 aliphatic heterocycles. The number of esters is 2. The molecule has 0 amide bonds. The second-order valence-corrected chi connectivity index (χ2v) is 3.93. The Morgan fingerprint density at radius 3 is 2.07 bits per heavy atom. The molecule has 0 saturated carbocycles.